The molecule has 0 radical (unpaired) electrons. The fourth-order valence-corrected chi connectivity index (χ4v) is 1.97. The van der Waals surface area contributed by atoms with E-state index < -0.39 is 5.97 Å². The molecule has 1 atom stereocenters. The molecule has 1 aromatic heterocycles. The summed E-state index contributed by atoms with van der Waals surface area (Å²) in [6.45, 7) is 5.97. The van der Waals surface area contributed by atoms with Crippen molar-refractivity contribution in [1.82, 2.24) is 9.36 Å². The lowest BCUT2D eigenvalue weighted by molar-refractivity contribution is -0.137. The van der Waals surface area contributed by atoms with Crippen molar-refractivity contribution >= 4 is 22.6 Å². The molecule has 0 aliphatic carbocycles. The molecular formula is C10H17N3O2S. The predicted octanol–water partition coefficient (Wildman–Crippen LogP) is 2.01. The van der Waals surface area contributed by atoms with E-state index in [9.17, 15) is 4.79 Å². The van der Waals surface area contributed by atoms with E-state index in [2.05, 4.69) is 14.7 Å². The lowest BCUT2D eigenvalue weighted by atomic mass is 10.0. The van der Waals surface area contributed by atoms with E-state index in [1.807, 2.05) is 20.8 Å². The van der Waals surface area contributed by atoms with Crippen molar-refractivity contribution in [2.45, 2.75) is 39.7 Å². The van der Waals surface area contributed by atoms with Gasteiger partial charge in [-0.15, -0.1) is 0 Å². The molecule has 6 heteroatoms. The summed E-state index contributed by atoms with van der Waals surface area (Å²) < 4.78 is 4.15. The van der Waals surface area contributed by atoms with E-state index in [1.54, 1.807) is 0 Å². The molecule has 0 amide bonds. The highest BCUT2D eigenvalue weighted by Crippen LogP contribution is 2.17. The van der Waals surface area contributed by atoms with Crippen LogP contribution in [-0.4, -0.2) is 26.5 Å². The van der Waals surface area contributed by atoms with Crippen molar-refractivity contribution in [1.29, 1.82) is 0 Å². The SMILES string of the molecule is CCc1nsc(NC(CC(=O)O)C(C)C)n1. The van der Waals surface area contributed by atoms with E-state index in [-0.39, 0.29) is 18.4 Å². The Kier molecular flexibility index (Phi) is 4.67. The average molecular weight is 243 g/mol. The lowest BCUT2D eigenvalue weighted by Crippen LogP contribution is -2.28. The molecule has 5 nitrogen and oxygen atoms in total. The summed E-state index contributed by atoms with van der Waals surface area (Å²) in [5.74, 6) is 0.238. The van der Waals surface area contributed by atoms with Crippen molar-refractivity contribution in [3.63, 3.8) is 0 Å². The van der Waals surface area contributed by atoms with Crippen LogP contribution in [0.15, 0.2) is 0 Å². The maximum atomic E-state index is 10.7. The van der Waals surface area contributed by atoms with E-state index in [0.717, 1.165) is 12.2 Å². The Balaban J connectivity index is 2.63. The summed E-state index contributed by atoms with van der Waals surface area (Å²) >= 11 is 1.28. The van der Waals surface area contributed by atoms with Crippen LogP contribution in [0.2, 0.25) is 0 Å². The first kappa shape index (κ1) is 12.9. The van der Waals surface area contributed by atoms with Gasteiger partial charge in [0.15, 0.2) is 0 Å². The number of nitrogens with zero attached hydrogens (tertiary/aromatic N) is 2. The minimum Gasteiger partial charge on any atom is -0.481 e. The molecule has 0 bridgehead atoms. The fraction of sp³-hybridized carbons (Fsp3) is 0.700. The van der Waals surface area contributed by atoms with Gasteiger partial charge in [0.25, 0.3) is 0 Å². The molecule has 0 aliphatic rings. The number of hydrogen-bond donors (Lipinski definition) is 2. The molecule has 1 heterocycles. The minimum absolute atomic E-state index is 0.0959. The van der Waals surface area contributed by atoms with Gasteiger partial charge < -0.3 is 10.4 Å². The van der Waals surface area contributed by atoms with Gasteiger partial charge in [0, 0.05) is 24.0 Å². The van der Waals surface area contributed by atoms with E-state index in [1.165, 1.54) is 11.5 Å². The van der Waals surface area contributed by atoms with Crippen molar-refractivity contribution in [3.8, 4) is 0 Å². The van der Waals surface area contributed by atoms with Gasteiger partial charge in [0.2, 0.25) is 5.13 Å². The lowest BCUT2D eigenvalue weighted by Gasteiger charge is -2.19. The Hall–Kier alpha value is -1.17. The van der Waals surface area contributed by atoms with E-state index in [0.29, 0.717) is 5.13 Å². The third kappa shape index (κ3) is 3.77. The van der Waals surface area contributed by atoms with E-state index >= 15 is 0 Å². The number of aliphatic carboxylic acids is 1. The first-order valence-electron chi connectivity index (χ1n) is 5.33. The van der Waals surface area contributed by atoms with Crippen LogP contribution in [0.1, 0.15) is 33.0 Å². The number of rotatable bonds is 6. The van der Waals surface area contributed by atoms with Crippen LogP contribution in [0.3, 0.4) is 0 Å². The van der Waals surface area contributed by atoms with Gasteiger partial charge >= 0.3 is 5.97 Å². The van der Waals surface area contributed by atoms with Gasteiger partial charge in [-0.1, -0.05) is 20.8 Å². The molecule has 0 fully saturated rings. The topological polar surface area (TPSA) is 75.1 Å². The van der Waals surface area contributed by atoms with Crippen LogP contribution >= 0.6 is 11.5 Å². The summed E-state index contributed by atoms with van der Waals surface area (Å²) in [6, 6.07) is -0.102. The molecule has 16 heavy (non-hydrogen) atoms. The van der Waals surface area contributed by atoms with Gasteiger partial charge in [-0.2, -0.15) is 4.37 Å². The van der Waals surface area contributed by atoms with E-state index in [4.69, 9.17) is 5.11 Å². The molecule has 0 aromatic carbocycles. The summed E-state index contributed by atoms with van der Waals surface area (Å²) in [4.78, 5) is 15.0. The molecule has 1 unspecified atom stereocenters. The zero-order chi connectivity index (χ0) is 12.1. The number of aryl methyl sites for hydroxylation is 1. The Morgan fingerprint density at radius 1 is 1.56 bits per heavy atom. The quantitative estimate of drug-likeness (QED) is 0.799. The van der Waals surface area contributed by atoms with Gasteiger partial charge in [0.05, 0.1) is 6.42 Å². The third-order valence-electron chi connectivity index (χ3n) is 2.29. The van der Waals surface area contributed by atoms with Crippen molar-refractivity contribution < 1.29 is 9.90 Å². The summed E-state index contributed by atoms with van der Waals surface area (Å²) in [5, 5.41) is 12.6. The standard InChI is InChI=1S/C10H17N3O2S/c1-4-8-12-10(16-13-8)11-7(6(2)3)5-9(14)15/h6-7H,4-5H2,1-3H3,(H,14,15)(H,11,12,13). The van der Waals surface area contributed by atoms with Gasteiger partial charge in [-0.3, -0.25) is 4.79 Å². The van der Waals surface area contributed by atoms with Crippen molar-refractivity contribution in [2.24, 2.45) is 5.92 Å². The molecule has 0 saturated carbocycles. The second-order valence-corrected chi connectivity index (χ2v) is 4.71. The Bertz CT molecular complexity index is 352. The van der Waals surface area contributed by atoms with Crippen molar-refractivity contribution in [2.75, 3.05) is 5.32 Å². The number of carbonyl (C=O) groups is 1. The van der Waals surface area contributed by atoms with Crippen LogP contribution in [0.25, 0.3) is 0 Å². The normalized spacial score (nSPS) is 12.8. The maximum Gasteiger partial charge on any atom is 0.305 e. The molecule has 90 valence electrons. The zero-order valence-electron chi connectivity index (χ0n) is 9.73. The van der Waals surface area contributed by atoms with Crippen LogP contribution in [0.5, 0.6) is 0 Å². The second-order valence-electron chi connectivity index (χ2n) is 3.96. The number of anilines is 1. The smallest absolute Gasteiger partial charge is 0.305 e. The molecule has 0 aliphatic heterocycles. The summed E-state index contributed by atoms with van der Waals surface area (Å²) in [5.41, 5.74) is 0. The average Bonchev–Trinajstić information content (AvgIpc) is 2.63. The first-order chi connectivity index (χ1) is 7.52. The third-order valence-corrected chi connectivity index (χ3v) is 2.98. The molecule has 0 saturated heterocycles. The summed E-state index contributed by atoms with van der Waals surface area (Å²) in [7, 11) is 0. The highest BCUT2D eigenvalue weighted by Gasteiger charge is 2.18. The van der Waals surface area contributed by atoms with Crippen LogP contribution in [0, 0.1) is 5.92 Å². The Labute approximate surface area is 99.1 Å². The summed E-state index contributed by atoms with van der Waals surface area (Å²) in [6.07, 6.45) is 0.891. The number of aromatic nitrogens is 2. The maximum absolute atomic E-state index is 10.7. The van der Waals surface area contributed by atoms with Gasteiger partial charge in [0.1, 0.15) is 5.82 Å². The fourth-order valence-electron chi connectivity index (χ4n) is 1.26. The zero-order valence-corrected chi connectivity index (χ0v) is 10.5. The number of nitrogens with one attached hydrogen (secondary N) is 1. The number of carboxylic acid groups (broad SMARTS) is 1. The predicted molar refractivity (Wildman–Crippen MR) is 63.8 cm³/mol. The largest absolute Gasteiger partial charge is 0.481 e. The van der Waals surface area contributed by atoms with Crippen LogP contribution in [-0.2, 0) is 11.2 Å². The number of carboxylic acids is 1. The minimum atomic E-state index is -0.800. The Morgan fingerprint density at radius 3 is 2.69 bits per heavy atom. The second kappa shape index (κ2) is 5.79. The molecule has 1 rings (SSSR count). The first-order valence-corrected chi connectivity index (χ1v) is 6.11. The highest BCUT2D eigenvalue weighted by atomic mass is 32.1. The molecule has 2 N–H and O–H groups in total. The molecule has 0 spiro atoms. The molecule has 1 aromatic rings. The van der Waals surface area contributed by atoms with Gasteiger partial charge in [-0.25, -0.2) is 4.98 Å². The van der Waals surface area contributed by atoms with Crippen LogP contribution < -0.4 is 5.32 Å². The molecular weight excluding hydrogens is 226 g/mol. The van der Waals surface area contributed by atoms with Gasteiger partial charge in [-0.05, 0) is 5.92 Å². The van der Waals surface area contributed by atoms with Crippen molar-refractivity contribution in [3.05, 3.63) is 5.82 Å². The number of hydrogen-bond acceptors (Lipinski definition) is 5. The Morgan fingerprint density at radius 2 is 2.25 bits per heavy atom. The monoisotopic (exact) mass is 243 g/mol. The van der Waals surface area contributed by atoms with Crippen LogP contribution in [0.4, 0.5) is 5.13 Å². The highest BCUT2D eigenvalue weighted by molar-refractivity contribution is 7.09.